The van der Waals surface area contributed by atoms with Gasteiger partial charge in [0, 0.05) is 19.2 Å². The minimum absolute atomic E-state index is 0.0201. The van der Waals surface area contributed by atoms with E-state index in [2.05, 4.69) is 9.88 Å². The maximum absolute atomic E-state index is 14.0. The van der Waals surface area contributed by atoms with Gasteiger partial charge in [-0.05, 0) is 68.8 Å². The van der Waals surface area contributed by atoms with Crippen LogP contribution < -0.4 is 10.3 Å². The van der Waals surface area contributed by atoms with Crippen molar-refractivity contribution in [2.75, 3.05) is 26.2 Å². The molecule has 0 N–H and O–H groups in total. The second-order valence-corrected chi connectivity index (χ2v) is 7.21. The summed E-state index contributed by atoms with van der Waals surface area (Å²) in [7, 11) is 1.61. The van der Waals surface area contributed by atoms with Gasteiger partial charge in [0.1, 0.15) is 22.8 Å². The number of fused-ring (bicyclic) bond motifs is 1. The summed E-state index contributed by atoms with van der Waals surface area (Å²) in [5, 5.41) is 0.0201. The maximum Gasteiger partial charge on any atom is 0.264 e. The highest BCUT2D eigenvalue weighted by Gasteiger charge is 2.13. The van der Waals surface area contributed by atoms with Gasteiger partial charge in [0.25, 0.3) is 5.56 Å². The number of halogens is 1. The fourth-order valence-corrected chi connectivity index (χ4v) is 3.71. The van der Waals surface area contributed by atoms with Crippen LogP contribution in [0.5, 0.6) is 5.75 Å². The molecule has 28 heavy (non-hydrogen) atoms. The van der Waals surface area contributed by atoms with Crippen LogP contribution in [0.15, 0.2) is 47.3 Å². The fraction of sp³-hybridized carbons (Fsp3) is 0.364. The van der Waals surface area contributed by atoms with Gasteiger partial charge in [0.15, 0.2) is 0 Å². The Bertz CT molecular complexity index is 1020. The summed E-state index contributed by atoms with van der Waals surface area (Å²) in [6.45, 7) is 4.17. The second kappa shape index (κ2) is 8.10. The molecular weight excluding hydrogens is 357 g/mol. The van der Waals surface area contributed by atoms with E-state index in [4.69, 9.17) is 4.74 Å². The largest absolute Gasteiger partial charge is 0.494 e. The molecule has 0 unspecified atom stereocenters. The van der Waals surface area contributed by atoms with E-state index in [1.165, 1.54) is 36.6 Å². The second-order valence-electron chi connectivity index (χ2n) is 7.21. The van der Waals surface area contributed by atoms with Gasteiger partial charge in [-0.3, -0.25) is 9.36 Å². The van der Waals surface area contributed by atoms with Crippen molar-refractivity contribution in [3.63, 3.8) is 0 Å². The zero-order valence-corrected chi connectivity index (χ0v) is 16.0. The number of aromatic nitrogens is 2. The quantitative estimate of drug-likeness (QED) is 0.612. The molecule has 0 aliphatic carbocycles. The molecule has 6 heteroatoms. The molecule has 146 valence electrons. The van der Waals surface area contributed by atoms with Gasteiger partial charge >= 0.3 is 0 Å². The molecule has 2 heterocycles. The highest BCUT2D eigenvalue weighted by Crippen LogP contribution is 2.22. The van der Waals surface area contributed by atoms with E-state index < -0.39 is 5.82 Å². The maximum atomic E-state index is 14.0. The van der Waals surface area contributed by atoms with Crippen LogP contribution >= 0.6 is 0 Å². The summed E-state index contributed by atoms with van der Waals surface area (Å²) in [6, 6.07) is 12.0. The molecule has 0 bridgehead atoms. The van der Waals surface area contributed by atoms with Gasteiger partial charge < -0.3 is 9.64 Å². The SMILES string of the molecule is Cn1c(-c2ccc(OCCCN3CCCC3)cc2)nc2cccc(F)c2c1=O. The number of likely N-dealkylation sites (tertiary alicyclic amines) is 1. The Morgan fingerprint density at radius 1 is 1.11 bits per heavy atom. The third-order valence-corrected chi connectivity index (χ3v) is 5.25. The van der Waals surface area contributed by atoms with Crippen molar-refractivity contribution in [1.29, 1.82) is 0 Å². The Kier molecular flexibility index (Phi) is 5.39. The van der Waals surface area contributed by atoms with Crippen molar-refractivity contribution in [2.24, 2.45) is 7.05 Å². The highest BCUT2D eigenvalue weighted by molar-refractivity contribution is 5.80. The topological polar surface area (TPSA) is 47.4 Å². The van der Waals surface area contributed by atoms with Crippen LogP contribution in [-0.4, -0.2) is 40.7 Å². The lowest BCUT2D eigenvalue weighted by Crippen LogP contribution is -2.22. The normalized spacial score (nSPS) is 14.6. The van der Waals surface area contributed by atoms with Crippen LogP contribution in [0.1, 0.15) is 19.3 Å². The van der Waals surface area contributed by atoms with E-state index >= 15 is 0 Å². The third-order valence-electron chi connectivity index (χ3n) is 5.25. The minimum atomic E-state index is -0.546. The Morgan fingerprint density at radius 3 is 2.61 bits per heavy atom. The van der Waals surface area contributed by atoms with Crippen molar-refractivity contribution in [2.45, 2.75) is 19.3 Å². The molecule has 5 nitrogen and oxygen atoms in total. The van der Waals surface area contributed by atoms with Gasteiger partial charge in [-0.15, -0.1) is 0 Å². The Labute approximate surface area is 163 Å². The first-order chi connectivity index (χ1) is 13.6. The summed E-state index contributed by atoms with van der Waals surface area (Å²) in [6.07, 6.45) is 3.62. The van der Waals surface area contributed by atoms with E-state index in [1.807, 2.05) is 24.3 Å². The number of hydrogen-bond acceptors (Lipinski definition) is 4. The molecular formula is C22H24FN3O2. The van der Waals surface area contributed by atoms with Crippen molar-refractivity contribution < 1.29 is 9.13 Å². The van der Waals surface area contributed by atoms with Crippen molar-refractivity contribution in [1.82, 2.24) is 14.5 Å². The van der Waals surface area contributed by atoms with Gasteiger partial charge in [0.05, 0.1) is 12.1 Å². The van der Waals surface area contributed by atoms with Gasteiger partial charge in [0.2, 0.25) is 0 Å². The predicted molar refractivity (Wildman–Crippen MR) is 108 cm³/mol. The van der Waals surface area contributed by atoms with Crippen LogP contribution in [0.3, 0.4) is 0 Å². The molecule has 0 saturated carbocycles. The Hall–Kier alpha value is -2.73. The first-order valence-electron chi connectivity index (χ1n) is 9.74. The van der Waals surface area contributed by atoms with Crippen LogP contribution in [0.2, 0.25) is 0 Å². The first kappa shape index (κ1) is 18.6. The zero-order valence-electron chi connectivity index (χ0n) is 16.0. The summed E-state index contributed by atoms with van der Waals surface area (Å²) in [5.41, 5.74) is 0.760. The summed E-state index contributed by atoms with van der Waals surface area (Å²) in [4.78, 5) is 19.5. The average molecular weight is 381 g/mol. The summed E-state index contributed by atoms with van der Waals surface area (Å²) in [5.74, 6) is 0.750. The van der Waals surface area contributed by atoms with Gasteiger partial charge in [-0.25, -0.2) is 9.37 Å². The molecule has 1 aromatic heterocycles. The van der Waals surface area contributed by atoms with Crippen molar-refractivity contribution >= 4 is 10.9 Å². The number of nitrogens with zero attached hydrogens (tertiary/aromatic N) is 3. The lowest BCUT2D eigenvalue weighted by atomic mass is 10.1. The third kappa shape index (κ3) is 3.78. The van der Waals surface area contributed by atoms with Crippen LogP contribution in [0.4, 0.5) is 4.39 Å². The predicted octanol–water partition coefficient (Wildman–Crippen LogP) is 3.60. The van der Waals surface area contributed by atoms with Crippen LogP contribution in [-0.2, 0) is 7.05 Å². The standard InChI is InChI=1S/C22H24FN3O2/c1-25-21(24-19-7-4-6-18(23)20(19)22(25)27)16-8-10-17(11-9-16)28-15-5-14-26-12-2-3-13-26/h4,6-11H,2-3,5,12-15H2,1H3. The molecule has 0 amide bonds. The van der Waals surface area contributed by atoms with Gasteiger partial charge in [-0.2, -0.15) is 0 Å². The molecule has 1 aliphatic heterocycles. The van der Waals surface area contributed by atoms with Crippen LogP contribution in [0, 0.1) is 5.82 Å². The number of benzene rings is 2. The Balaban J connectivity index is 1.48. The summed E-state index contributed by atoms with van der Waals surface area (Å²) >= 11 is 0. The van der Waals surface area contributed by atoms with E-state index in [0.29, 0.717) is 17.9 Å². The van der Waals surface area contributed by atoms with Crippen molar-refractivity contribution in [3.8, 4) is 17.1 Å². The summed E-state index contributed by atoms with van der Waals surface area (Å²) < 4.78 is 21.2. The highest BCUT2D eigenvalue weighted by atomic mass is 19.1. The minimum Gasteiger partial charge on any atom is -0.494 e. The van der Waals surface area contributed by atoms with Crippen molar-refractivity contribution in [3.05, 3.63) is 58.6 Å². The van der Waals surface area contributed by atoms with E-state index in [1.54, 1.807) is 19.2 Å². The molecule has 0 spiro atoms. The van der Waals surface area contributed by atoms with E-state index in [9.17, 15) is 9.18 Å². The van der Waals surface area contributed by atoms with Crippen LogP contribution in [0.25, 0.3) is 22.3 Å². The monoisotopic (exact) mass is 381 g/mol. The van der Waals surface area contributed by atoms with E-state index in [-0.39, 0.29) is 10.9 Å². The first-order valence-corrected chi connectivity index (χ1v) is 9.74. The molecule has 1 fully saturated rings. The molecule has 4 rings (SSSR count). The smallest absolute Gasteiger partial charge is 0.264 e. The average Bonchev–Trinajstić information content (AvgIpc) is 3.22. The molecule has 1 aliphatic rings. The number of hydrogen-bond donors (Lipinski definition) is 0. The molecule has 2 aromatic carbocycles. The Morgan fingerprint density at radius 2 is 1.86 bits per heavy atom. The zero-order chi connectivity index (χ0) is 19.5. The molecule has 0 atom stereocenters. The molecule has 3 aromatic rings. The van der Waals surface area contributed by atoms with Gasteiger partial charge in [-0.1, -0.05) is 6.07 Å². The number of ether oxygens (including phenoxy) is 1. The molecule has 1 saturated heterocycles. The lowest BCUT2D eigenvalue weighted by molar-refractivity contribution is 0.263. The van der Waals surface area contributed by atoms with E-state index in [0.717, 1.165) is 24.3 Å². The lowest BCUT2D eigenvalue weighted by Gasteiger charge is -2.14. The molecule has 0 radical (unpaired) electrons. The number of rotatable bonds is 6. The fourth-order valence-electron chi connectivity index (χ4n) is 3.71.